The molecule has 32 heavy (non-hydrogen) atoms. The van der Waals surface area contributed by atoms with Gasteiger partial charge in [-0.15, -0.1) is 0 Å². The summed E-state index contributed by atoms with van der Waals surface area (Å²) in [6.07, 6.45) is 5.54. The lowest BCUT2D eigenvalue weighted by Gasteiger charge is -2.56. The Kier molecular flexibility index (Phi) is 4.91. The SMILES string of the molecule is COc1ccc2c3c1O[C@H]1[C@@H](O)C=C[C@H]4[C@@H](C2)N(C)CC[C@@]341.O=C(O)c1ccccc1O. The number of carboxylic acid groups (broad SMARTS) is 1. The van der Waals surface area contributed by atoms with Gasteiger partial charge in [0.15, 0.2) is 11.5 Å². The molecular weight excluding hydrogens is 410 g/mol. The number of methoxy groups -OCH3 is 1. The zero-order chi connectivity index (χ0) is 22.6. The number of phenols is 1. The van der Waals surface area contributed by atoms with E-state index in [1.165, 1.54) is 23.3 Å². The zero-order valence-electron chi connectivity index (χ0n) is 18.1. The van der Waals surface area contributed by atoms with E-state index in [4.69, 9.17) is 19.7 Å². The van der Waals surface area contributed by atoms with Crippen LogP contribution >= 0.6 is 0 Å². The lowest BCUT2D eigenvalue weighted by molar-refractivity contribution is -0.0453. The van der Waals surface area contributed by atoms with Crippen molar-refractivity contribution in [2.75, 3.05) is 20.7 Å². The first-order valence-electron chi connectivity index (χ1n) is 10.8. The molecule has 1 fully saturated rings. The van der Waals surface area contributed by atoms with Crippen LogP contribution in [0.4, 0.5) is 0 Å². The van der Waals surface area contributed by atoms with Crippen LogP contribution in [0.25, 0.3) is 0 Å². The molecule has 7 heteroatoms. The number of rotatable bonds is 2. The van der Waals surface area contributed by atoms with E-state index in [1.54, 1.807) is 19.2 Å². The van der Waals surface area contributed by atoms with Gasteiger partial charge in [0, 0.05) is 22.9 Å². The van der Waals surface area contributed by atoms with Gasteiger partial charge in [0.2, 0.25) is 0 Å². The highest BCUT2D eigenvalue weighted by Gasteiger charge is 2.64. The van der Waals surface area contributed by atoms with E-state index in [-0.39, 0.29) is 22.8 Å². The number of benzene rings is 2. The van der Waals surface area contributed by atoms with Crippen LogP contribution in [0.2, 0.25) is 0 Å². The van der Waals surface area contributed by atoms with Gasteiger partial charge in [-0.1, -0.05) is 30.4 Å². The number of likely N-dealkylation sites (tertiary alicyclic amines) is 1. The predicted molar refractivity (Wildman–Crippen MR) is 118 cm³/mol. The molecule has 3 N–H and O–H groups in total. The second-order valence-electron chi connectivity index (χ2n) is 8.94. The number of aromatic carboxylic acids is 1. The normalized spacial score (nSPS) is 31.1. The Labute approximate surface area is 186 Å². The van der Waals surface area contributed by atoms with E-state index in [9.17, 15) is 9.90 Å². The predicted octanol–water partition coefficient (Wildman–Crippen LogP) is 2.59. The van der Waals surface area contributed by atoms with Gasteiger partial charge < -0.3 is 29.7 Å². The molecule has 6 rings (SSSR count). The molecule has 5 atom stereocenters. The number of piperidine rings is 1. The van der Waals surface area contributed by atoms with Crippen molar-refractivity contribution in [3.05, 3.63) is 65.2 Å². The first-order chi connectivity index (χ1) is 15.4. The summed E-state index contributed by atoms with van der Waals surface area (Å²) in [4.78, 5) is 12.7. The van der Waals surface area contributed by atoms with E-state index in [2.05, 4.69) is 24.1 Å². The topological polar surface area (TPSA) is 99.5 Å². The maximum absolute atomic E-state index is 10.6. The Hall–Kier alpha value is -3.03. The van der Waals surface area contributed by atoms with Gasteiger partial charge in [0.25, 0.3) is 0 Å². The molecule has 0 aromatic heterocycles. The minimum atomic E-state index is -1.11. The Morgan fingerprint density at radius 3 is 2.69 bits per heavy atom. The molecule has 168 valence electrons. The van der Waals surface area contributed by atoms with Crippen LogP contribution in [-0.2, 0) is 11.8 Å². The molecule has 1 spiro atoms. The third-order valence-corrected chi connectivity index (χ3v) is 7.49. The second-order valence-corrected chi connectivity index (χ2v) is 8.94. The average Bonchev–Trinajstić information content (AvgIpc) is 3.14. The van der Waals surface area contributed by atoms with Gasteiger partial charge in [-0.05, 0) is 50.2 Å². The number of carboxylic acids is 1. The van der Waals surface area contributed by atoms with Crippen molar-refractivity contribution in [3.8, 4) is 17.2 Å². The Morgan fingerprint density at radius 2 is 2.00 bits per heavy atom. The zero-order valence-corrected chi connectivity index (χ0v) is 18.1. The Morgan fingerprint density at radius 1 is 1.22 bits per heavy atom. The quantitative estimate of drug-likeness (QED) is 0.621. The first-order valence-corrected chi connectivity index (χ1v) is 10.8. The van der Waals surface area contributed by atoms with E-state index < -0.39 is 12.1 Å². The maximum Gasteiger partial charge on any atom is 0.339 e. The molecule has 4 aliphatic rings. The highest BCUT2D eigenvalue weighted by molar-refractivity contribution is 5.90. The fourth-order valence-electron chi connectivity index (χ4n) is 6.04. The van der Waals surface area contributed by atoms with Crippen molar-refractivity contribution in [1.29, 1.82) is 0 Å². The monoisotopic (exact) mass is 437 g/mol. The number of nitrogens with zero attached hydrogens (tertiary/aromatic N) is 1. The molecule has 1 saturated heterocycles. The molecule has 2 bridgehead atoms. The summed E-state index contributed by atoms with van der Waals surface area (Å²) < 4.78 is 11.8. The smallest absolute Gasteiger partial charge is 0.339 e. The van der Waals surface area contributed by atoms with Crippen LogP contribution in [0.3, 0.4) is 0 Å². The van der Waals surface area contributed by atoms with Gasteiger partial charge >= 0.3 is 5.97 Å². The van der Waals surface area contributed by atoms with Crippen LogP contribution < -0.4 is 9.47 Å². The first kappa shape index (κ1) is 20.8. The Bertz CT molecular complexity index is 1100. The second kappa shape index (κ2) is 7.53. The molecule has 0 unspecified atom stereocenters. The van der Waals surface area contributed by atoms with E-state index in [1.807, 2.05) is 12.1 Å². The van der Waals surface area contributed by atoms with Crippen molar-refractivity contribution in [1.82, 2.24) is 4.90 Å². The molecule has 0 saturated carbocycles. The summed E-state index contributed by atoms with van der Waals surface area (Å²) in [6, 6.07) is 10.5. The minimum absolute atomic E-state index is 0.0671. The third kappa shape index (κ3) is 2.84. The van der Waals surface area contributed by atoms with Crippen LogP contribution in [0, 0.1) is 5.92 Å². The van der Waals surface area contributed by atoms with Gasteiger partial charge in [-0.3, -0.25) is 0 Å². The van der Waals surface area contributed by atoms with Crippen LogP contribution in [-0.4, -0.2) is 65.1 Å². The summed E-state index contributed by atoms with van der Waals surface area (Å²) in [7, 11) is 3.91. The summed E-state index contributed by atoms with van der Waals surface area (Å²) in [5, 5.41) is 27.9. The number of ether oxygens (including phenoxy) is 2. The number of para-hydroxylation sites is 1. The van der Waals surface area contributed by atoms with Crippen molar-refractivity contribution in [2.24, 2.45) is 5.92 Å². The molecular formula is C25H27NO6. The highest BCUT2D eigenvalue weighted by Crippen LogP contribution is 2.62. The lowest BCUT2D eigenvalue weighted by atomic mass is 9.53. The largest absolute Gasteiger partial charge is 0.507 e. The van der Waals surface area contributed by atoms with Gasteiger partial charge in [0.1, 0.15) is 23.5 Å². The number of likely N-dealkylation sites (N-methyl/N-ethyl adjacent to an activating group) is 1. The molecule has 7 nitrogen and oxygen atoms in total. The standard InChI is InChI=1S/C18H21NO3.C7H6O3/c1-19-8-7-18-11-4-5-13(20)17(18)22-16-14(21-2)6-3-10(15(16)18)9-12(11)19;8-6-4-2-1-3-5(6)7(9)10/h3-6,11-13,17,20H,7-9H2,1-2H3;1-4,8H,(H,9,10)/t11-,12+,13-,17-,18-;/m0./s1. The van der Waals surface area contributed by atoms with Crippen molar-refractivity contribution in [2.45, 2.75) is 36.5 Å². The molecule has 0 amide bonds. The Balaban J connectivity index is 0.000000183. The van der Waals surface area contributed by atoms with Gasteiger partial charge in [-0.2, -0.15) is 0 Å². The number of carbonyl (C=O) groups is 1. The summed E-state index contributed by atoms with van der Waals surface area (Å²) in [5.74, 6) is 0.778. The average molecular weight is 437 g/mol. The fraction of sp³-hybridized carbons (Fsp3) is 0.400. The summed E-state index contributed by atoms with van der Waals surface area (Å²) in [6.45, 7) is 1.05. The van der Waals surface area contributed by atoms with Crippen LogP contribution in [0.1, 0.15) is 27.9 Å². The number of aromatic hydroxyl groups is 1. The molecule has 2 aliphatic carbocycles. The maximum atomic E-state index is 10.6. The van der Waals surface area contributed by atoms with Crippen LogP contribution in [0.15, 0.2) is 48.6 Å². The van der Waals surface area contributed by atoms with E-state index >= 15 is 0 Å². The van der Waals surface area contributed by atoms with Gasteiger partial charge in [0.05, 0.1) is 7.11 Å². The number of hydrogen-bond donors (Lipinski definition) is 3. The van der Waals surface area contributed by atoms with Crippen molar-refractivity contribution < 1.29 is 29.6 Å². The minimum Gasteiger partial charge on any atom is -0.507 e. The lowest BCUT2D eigenvalue weighted by Crippen LogP contribution is -2.64. The van der Waals surface area contributed by atoms with E-state index in [0.717, 1.165) is 30.9 Å². The van der Waals surface area contributed by atoms with Gasteiger partial charge in [-0.25, -0.2) is 4.79 Å². The summed E-state index contributed by atoms with van der Waals surface area (Å²) >= 11 is 0. The third-order valence-electron chi connectivity index (χ3n) is 7.49. The number of aliphatic hydroxyl groups excluding tert-OH is 1. The molecule has 0 radical (unpaired) electrons. The fourth-order valence-corrected chi connectivity index (χ4v) is 6.04. The van der Waals surface area contributed by atoms with Crippen molar-refractivity contribution in [3.63, 3.8) is 0 Å². The number of hydrogen-bond acceptors (Lipinski definition) is 6. The molecule has 2 aromatic carbocycles. The number of aliphatic hydroxyl groups is 1. The molecule has 2 heterocycles. The summed E-state index contributed by atoms with van der Waals surface area (Å²) in [5.41, 5.74) is 2.54. The molecule has 2 aliphatic heterocycles. The highest BCUT2D eigenvalue weighted by atomic mass is 16.5. The molecule has 2 aromatic rings. The van der Waals surface area contributed by atoms with Crippen LogP contribution in [0.5, 0.6) is 17.2 Å². The van der Waals surface area contributed by atoms with Crippen molar-refractivity contribution >= 4 is 5.97 Å². The van der Waals surface area contributed by atoms with E-state index in [0.29, 0.717) is 12.0 Å².